The molecule has 1 aromatic rings. The minimum atomic E-state index is 0.350. The first-order valence-electron chi connectivity index (χ1n) is 8.52. The molecule has 1 aromatic carbocycles. The molecule has 1 aliphatic rings. The molecule has 2 rings (SSSR count). The lowest BCUT2D eigenvalue weighted by atomic mass is 10.0. The van der Waals surface area contributed by atoms with Crippen LogP contribution in [0.1, 0.15) is 57.1 Å². The van der Waals surface area contributed by atoms with Gasteiger partial charge in [-0.15, -0.1) is 0 Å². The Balaban J connectivity index is 2.01. The second-order valence-electron chi connectivity index (χ2n) is 5.97. The fraction of sp³-hybridized carbons (Fsp3) is 0.667. The van der Waals surface area contributed by atoms with E-state index in [1.807, 2.05) is 0 Å². The van der Waals surface area contributed by atoms with E-state index in [0.29, 0.717) is 12.6 Å². The maximum Gasteiger partial charge on any atom is 0.119 e. The van der Waals surface area contributed by atoms with E-state index in [0.717, 1.165) is 18.8 Å². The van der Waals surface area contributed by atoms with Crippen molar-refractivity contribution >= 4 is 0 Å². The van der Waals surface area contributed by atoms with E-state index in [9.17, 15) is 0 Å². The number of nitrogens with zero attached hydrogens (tertiary/aromatic N) is 1. The highest BCUT2D eigenvalue weighted by molar-refractivity contribution is 5.29. The van der Waals surface area contributed by atoms with Crippen LogP contribution in [-0.4, -0.2) is 31.1 Å². The molecule has 0 bridgehead atoms. The summed E-state index contributed by atoms with van der Waals surface area (Å²) in [7, 11) is 0. The highest BCUT2D eigenvalue weighted by Crippen LogP contribution is 2.25. The number of hydrogen-bond donors (Lipinski definition) is 1. The van der Waals surface area contributed by atoms with Crippen LogP contribution in [-0.2, 0) is 0 Å². The van der Waals surface area contributed by atoms with Gasteiger partial charge in [0, 0.05) is 12.6 Å². The van der Waals surface area contributed by atoms with Gasteiger partial charge in [-0.1, -0.05) is 38.3 Å². The van der Waals surface area contributed by atoms with Crippen LogP contribution in [0.15, 0.2) is 24.3 Å². The molecule has 0 saturated carbocycles. The van der Waals surface area contributed by atoms with Gasteiger partial charge in [-0.2, -0.15) is 0 Å². The van der Waals surface area contributed by atoms with Gasteiger partial charge in [0.15, 0.2) is 0 Å². The third-order valence-corrected chi connectivity index (χ3v) is 4.29. The molecular weight excluding hydrogens is 260 g/mol. The van der Waals surface area contributed by atoms with Crippen LogP contribution < -0.4 is 10.5 Å². The first kappa shape index (κ1) is 16.3. The van der Waals surface area contributed by atoms with Gasteiger partial charge in [-0.3, -0.25) is 4.90 Å². The normalized spacial score (nSPS) is 18.8. The maximum absolute atomic E-state index is 6.07. The fourth-order valence-corrected chi connectivity index (χ4v) is 3.09. The Labute approximate surface area is 129 Å². The van der Waals surface area contributed by atoms with Crippen molar-refractivity contribution in [3.05, 3.63) is 29.8 Å². The zero-order valence-electron chi connectivity index (χ0n) is 13.4. The third kappa shape index (κ3) is 5.01. The molecule has 1 unspecified atom stereocenters. The number of ether oxygens (including phenoxy) is 1. The molecule has 0 spiro atoms. The molecule has 21 heavy (non-hydrogen) atoms. The predicted octanol–water partition coefficient (Wildman–Crippen LogP) is 3.74. The lowest BCUT2D eigenvalue weighted by Gasteiger charge is -2.32. The monoisotopic (exact) mass is 290 g/mol. The van der Waals surface area contributed by atoms with Crippen molar-refractivity contribution in [2.24, 2.45) is 5.73 Å². The van der Waals surface area contributed by atoms with Gasteiger partial charge in [-0.25, -0.2) is 0 Å². The maximum atomic E-state index is 6.07. The standard InChI is InChI=1S/C18H30N2O/c1-2-14-21-17-10-8-16(9-11-17)18(15-19)20-12-6-4-3-5-7-13-20/h8-11,18H,2-7,12-15,19H2,1H3. The van der Waals surface area contributed by atoms with Gasteiger partial charge < -0.3 is 10.5 Å². The van der Waals surface area contributed by atoms with E-state index in [4.69, 9.17) is 10.5 Å². The Morgan fingerprint density at radius 3 is 2.24 bits per heavy atom. The van der Waals surface area contributed by atoms with E-state index in [-0.39, 0.29) is 0 Å². The topological polar surface area (TPSA) is 38.5 Å². The molecule has 1 aliphatic heterocycles. The van der Waals surface area contributed by atoms with Crippen molar-refractivity contribution in [1.29, 1.82) is 0 Å². The van der Waals surface area contributed by atoms with Gasteiger partial charge >= 0.3 is 0 Å². The minimum Gasteiger partial charge on any atom is -0.494 e. The predicted molar refractivity (Wildman–Crippen MR) is 88.7 cm³/mol. The van der Waals surface area contributed by atoms with Crippen LogP contribution in [0.3, 0.4) is 0 Å². The zero-order valence-corrected chi connectivity index (χ0v) is 13.4. The van der Waals surface area contributed by atoms with E-state index in [2.05, 4.69) is 36.1 Å². The summed E-state index contributed by atoms with van der Waals surface area (Å²) in [6.07, 6.45) is 7.75. The first-order chi connectivity index (χ1) is 10.3. The Kier molecular flexibility index (Phi) is 7.04. The Morgan fingerprint density at radius 2 is 1.67 bits per heavy atom. The van der Waals surface area contributed by atoms with Gasteiger partial charge in [0.05, 0.1) is 6.61 Å². The molecule has 1 atom stereocenters. The van der Waals surface area contributed by atoms with Gasteiger partial charge in [0.25, 0.3) is 0 Å². The molecule has 2 N–H and O–H groups in total. The highest BCUT2D eigenvalue weighted by atomic mass is 16.5. The smallest absolute Gasteiger partial charge is 0.119 e. The lowest BCUT2D eigenvalue weighted by Crippen LogP contribution is -2.36. The highest BCUT2D eigenvalue weighted by Gasteiger charge is 2.19. The van der Waals surface area contributed by atoms with Gasteiger partial charge in [0.2, 0.25) is 0 Å². The Bertz CT molecular complexity index is 383. The Hall–Kier alpha value is -1.06. The van der Waals surface area contributed by atoms with Gasteiger partial charge in [0.1, 0.15) is 5.75 Å². The molecule has 3 nitrogen and oxygen atoms in total. The van der Waals surface area contributed by atoms with Crippen molar-refractivity contribution in [2.45, 2.75) is 51.5 Å². The largest absolute Gasteiger partial charge is 0.494 e. The first-order valence-corrected chi connectivity index (χ1v) is 8.52. The number of rotatable bonds is 6. The SMILES string of the molecule is CCCOc1ccc(C(CN)N2CCCCCCC2)cc1. The van der Waals surface area contributed by atoms with Crippen LogP contribution in [0.5, 0.6) is 5.75 Å². The molecule has 1 saturated heterocycles. The molecule has 1 fully saturated rings. The second kappa shape index (κ2) is 9.06. The van der Waals surface area contributed by atoms with Crippen LogP contribution in [0, 0.1) is 0 Å². The summed E-state index contributed by atoms with van der Waals surface area (Å²) >= 11 is 0. The molecule has 1 heterocycles. The lowest BCUT2D eigenvalue weighted by molar-refractivity contribution is 0.183. The van der Waals surface area contributed by atoms with E-state index in [1.54, 1.807) is 0 Å². The molecule has 0 aliphatic carbocycles. The van der Waals surface area contributed by atoms with Crippen molar-refractivity contribution in [1.82, 2.24) is 4.90 Å². The summed E-state index contributed by atoms with van der Waals surface area (Å²) in [5.74, 6) is 0.962. The molecule has 3 heteroatoms. The zero-order chi connectivity index (χ0) is 14.9. The number of nitrogens with two attached hydrogens (primary N) is 1. The average molecular weight is 290 g/mol. The van der Waals surface area contributed by atoms with E-state index in [1.165, 1.54) is 50.8 Å². The summed E-state index contributed by atoms with van der Waals surface area (Å²) in [6.45, 7) is 5.95. The summed E-state index contributed by atoms with van der Waals surface area (Å²) < 4.78 is 5.66. The second-order valence-corrected chi connectivity index (χ2v) is 5.97. The van der Waals surface area contributed by atoms with Crippen molar-refractivity contribution in [2.75, 3.05) is 26.2 Å². The van der Waals surface area contributed by atoms with Gasteiger partial charge in [-0.05, 0) is 50.0 Å². The average Bonchev–Trinajstić information content (AvgIpc) is 2.49. The molecular formula is C18H30N2O. The third-order valence-electron chi connectivity index (χ3n) is 4.29. The molecule has 0 aromatic heterocycles. The molecule has 118 valence electrons. The summed E-state index contributed by atoms with van der Waals surface area (Å²) in [5, 5.41) is 0. The quantitative estimate of drug-likeness (QED) is 0.867. The number of benzene rings is 1. The van der Waals surface area contributed by atoms with Crippen molar-refractivity contribution in [3.63, 3.8) is 0 Å². The van der Waals surface area contributed by atoms with Crippen LogP contribution in [0.4, 0.5) is 0 Å². The van der Waals surface area contributed by atoms with Crippen LogP contribution in [0.25, 0.3) is 0 Å². The van der Waals surface area contributed by atoms with Crippen LogP contribution in [0.2, 0.25) is 0 Å². The summed E-state index contributed by atoms with van der Waals surface area (Å²) in [6, 6.07) is 8.88. The summed E-state index contributed by atoms with van der Waals surface area (Å²) in [4.78, 5) is 2.57. The molecule has 0 amide bonds. The number of hydrogen-bond acceptors (Lipinski definition) is 3. The Morgan fingerprint density at radius 1 is 1.05 bits per heavy atom. The fourth-order valence-electron chi connectivity index (χ4n) is 3.09. The van der Waals surface area contributed by atoms with Crippen molar-refractivity contribution < 1.29 is 4.74 Å². The number of likely N-dealkylation sites (tertiary alicyclic amines) is 1. The van der Waals surface area contributed by atoms with Crippen molar-refractivity contribution in [3.8, 4) is 5.75 Å². The minimum absolute atomic E-state index is 0.350. The molecule has 0 radical (unpaired) electrons. The van der Waals surface area contributed by atoms with Crippen LogP contribution >= 0.6 is 0 Å². The van der Waals surface area contributed by atoms with E-state index < -0.39 is 0 Å². The van der Waals surface area contributed by atoms with E-state index >= 15 is 0 Å². The summed E-state index contributed by atoms with van der Waals surface area (Å²) in [5.41, 5.74) is 7.39.